The van der Waals surface area contributed by atoms with Crippen LogP contribution in [0.25, 0.3) is 0 Å². The summed E-state index contributed by atoms with van der Waals surface area (Å²) in [5.74, 6) is 0. The van der Waals surface area contributed by atoms with Gasteiger partial charge in [0.25, 0.3) is 0 Å². The Bertz CT molecular complexity index is 362. The molecule has 2 nitrogen and oxygen atoms in total. The van der Waals surface area contributed by atoms with Gasteiger partial charge in [-0.2, -0.15) is 0 Å². The molecule has 86 valence electrons. The molecule has 0 radical (unpaired) electrons. The zero-order chi connectivity index (χ0) is 11.0. The second-order valence-electron chi connectivity index (χ2n) is 5.11. The molecule has 0 aromatic heterocycles. The molecule has 16 heavy (non-hydrogen) atoms. The van der Waals surface area contributed by atoms with E-state index >= 15 is 0 Å². The smallest absolute Gasteiger partial charge is 0.0922 e. The van der Waals surface area contributed by atoms with Crippen LogP contribution >= 0.6 is 0 Å². The standard InChI is InChI=1S/C14H18O2/c1-14-8-7-12(9-13(14)16-14)15-10-11-5-3-2-4-6-11/h2-6,12-13H,7-10H2,1H3/t12-,13-,14+/m0/s1. The largest absolute Gasteiger partial charge is 0.373 e. The van der Waals surface area contributed by atoms with E-state index in [0.29, 0.717) is 12.2 Å². The highest BCUT2D eigenvalue weighted by Crippen LogP contribution is 2.47. The van der Waals surface area contributed by atoms with Crippen molar-refractivity contribution in [3.05, 3.63) is 35.9 Å². The first-order valence-corrected chi connectivity index (χ1v) is 6.10. The van der Waals surface area contributed by atoms with E-state index in [1.807, 2.05) is 6.07 Å². The van der Waals surface area contributed by atoms with Gasteiger partial charge in [0, 0.05) is 6.42 Å². The molecule has 1 saturated carbocycles. The Labute approximate surface area is 96.6 Å². The van der Waals surface area contributed by atoms with E-state index in [1.165, 1.54) is 5.56 Å². The fourth-order valence-corrected chi connectivity index (χ4v) is 2.55. The zero-order valence-corrected chi connectivity index (χ0v) is 9.69. The van der Waals surface area contributed by atoms with Gasteiger partial charge in [0.05, 0.1) is 24.4 Å². The number of fused-ring (bicyclic) bond motifs is 1. The maximum absolute atomic E-state index is 5.93. The van der Waals surface area contributed by atoms with Crippen molar-refractivity contribution in [2.75, 3.05) is 0 Å². The molecule has 1 saturated heterocycles. The summed E-state index contributed by atoms with van der Waals surface area (Å²) >= 11 is 0. The van der Waals surface area contributed by atoms with Gasteiger partial charge in [-0.1, -0.05) is 30.3 Å². The van der Waals surface area contributed by atoms with Crippen LogP contribution in [0.4, 0.5) is 0 Å². The lowest BCUT2D eigenvalue weighted by Gasteiger charge is -2.22. The molecule has 1 aliphatic carbocycles. The first-order chi connectivity index (χ1) is 7.76. The topological polar surface area (TPSA) is 21.8 Å². The van der Waals surface area contributed by atoms with Crippen molar-refractivity contribution in [2.45, 2.75) is 50.6 Å². The van der Waals surface area contributed by atoms with Gasteiger partial charge in [-0.3, -0.25) is 0 Å². The third-order valence-electron chi connectivity index (χ3n) is 3.80. The molecule has 2 heteroatoms. The second-order valence-corrected chi connectivity index (χ2v) is 5.11. The van der Waals surface area contributed by atoms with E-state index < -0.39 is 0 Å². The van der Waals surface area contributed by atoms with Crippen LogP contribution in [0.1, 0.15) is 31.7 Å². The van der Waals surface area contributed by atoms with Crippen molar-refractivity contribution in [3.63, 3.8) is 0 Å². The fourth-order valence-electron chi connectivity index (χ4n) is 2.55. The highest BCUT2D eigenvalue weighted by Gasteiger charge is 2.55. The maximum atomic E-state index is 5.93. The predicted octanol–water partition coefficient (Wildman–Crippen LogP) is 2.91. The van der Waals surface area contributed by atoms with Gasteiger partial charge in [-0.15, -0.1) is 0 Å². The van der Waals surface area contributed by atoms with Gasteiger partial charge in [-0.25, -0.2) is 0 Å². The second kappa shape index (κ2) is 3.86. The van der Waals surface area contributed by atoms with E-state index in [1.54, 1.807) is 0 Å². The van der Waals surface area contributed by atoms with E-state index in [0.717, 1.165) is 25.9 Å². The van der Waals surface area contributed by atoms with Crippen LogP contribution in [0.15, 0.2) is 30.3 Å². The maximum Gasteiger partial charge on any atom is 0.0922 e. The van der Waals surface area contributed by atoms with Gasteiger partial charge in [-0.05, 0) is 25.3 Å². The number of hydrogen-bond donors (Lipinski definition) is 0. The van der Waals surface area contributed by atoms with Crippen LogP contribution in [0.2, 0.25) is 0 Å². The minimum atomic E-state index is 0.201. The normalized spacial score (nSPS) is 36.8. The minimum absolute atomic E-state index is 0.201. The molecule has 3 atom stereocenters. The molecule has 0 spiro atoms. The molecule has 0 N–H and O–H groups in total. The molecule has 1 aromatic rings. The van der Waals surface area contributed by atoms with Crippen LogP contribution in [-0.4, -0.2) is 17.8 Å². The van der Waals surface area contributed by atoms with Crippen LogP contribution in [0, 0.1) is 0 Å². The molecule has 2 fully saturated rings. The van der Waals surface area contributed by atoms with Crippen molar-refractivity contribution in [1.29, 1.82) is 0 Å². The summed E-state index contributed by atoms with van der Waals surface area (Å²) in [5, 5.41) is 0. The molecule has 0 unspecified atom stereocenters. The van der Waals surface area contributed by atoms with Crippen molar-refractivity contribution in [3.8, 4) is 0 Å². The summed E-state index contributed by atoms with van der Waals surface area (Å²) in [6.07, 6.45) is 4.21. The van der Waals surface area contributed by atoms with Crippen LogP contribution in [0.3, 0.4) is 0 Å². The summed E-state index contributed by atoms with van der Waals surface area (Å²) < 4.78 is 11.6. The van der Waals surface area contributed by atoms with E-state index in [-0.39, 0.29) is 5.60 Å². The summed E-state index contributed by atoms with van der Waals surface area (Å²) in [5.41, 5.74) is 1.46. The Morgan fingerprint density at radius 3 is 2.94 bits per heavy atom. The monoisotopic (exact) mass is 218 g/mol. The lowest BCUT2D eigenvalue weighted by Crippen LogP contribution is -2.26. The van der Waals surface area contributed by atoms with Crippen molar-refractivity contribution >= 4 is 0 Å². The van der Waals surface area contributed by atoms with Gasteiger partial charge in [0.1, 0.15) is 0 Å². The lowest BCUT2D eigenvalue weighted by molar-refractivity contribution is 0.0183. The number of rotatable bonds is 3. The van der Waals surface area contributed by atoms with Crippen LogP contribution in [-0.2, 0) is 16.1 Å². The van der Waals surface area contributed by atoms with Gasteiger partial charge in [0.15, 0.2) is 0 Å². The van der Waals surface area contributed by atoms with Crippen LogP contribution in [0.5, 0.6) is 0 Å². The summed E-state index contributed by atoms with van der Waals surface area (Å²) in [6, 6.07) is 10.4. The summed E-state index contributed by atoms with van der Waals surface area (Å²) in [6.45, 7) is 2.94. The highest BCUT2D eigenvalue weighted by molar-refractivity contribution is 5.13. The molecule has 3 rings (SSSR count). The van der Waals surface area contributed by atoms with Gasteiger partial charge >= 0.3 is 0 Å². The summed E-state index contributed by atoms with van der Waals surface area (Å²) in [7, 11) is 0. The predicted molar refractivity (Wildman–Crippen MR) is 62.1 cm³/mol. The Hall–Kier alpha value is -0.860. The molecule has 2 aliphatic rings. The lowest BCUT2D eigenvalue weighted by atomic mass is 9.89. The van der Waals surface area contributed by atoms with Gasteiger partial charge < -0.3 is 9.47 Å². The SMILES string of the molecule is C[C@@]12CC[C@H](OCc3ccccc3)C[C@@H]1O2. The Kier molecular flexibility index (Phi) is 2.49. The minimum Gasteiger partial charge on any atom is -0.373 e. The fraction of sp³-hybridized carbons (Fsp3) is 0.571. The molecule has 0 bridgehead atoms. The average Bonchev–Trinajstić information content (AvgIpc) is 2.99. The van der Waals surface area contributed by atoms with E-state index in [9.17, 15) is 0 Å². The third kappa shape index (κ3) is 2.00. The van der Waals surface area contributed by atoms with Crippen molar-refractivity contribution < 1.29 is 9.47 Å². The Morgan fingerprint density at radius 2 is 2.19 bits per heavy atom. The molecular formula is C14H18O2. The molecular weight excluding hydrogens is 200 g/mol. The number of epoxide rings is 1. The number of ether oxygens (including phenoxy) is 2. The molecule has 1 aliphatic heterocycles. The van der Waals surface area contributed by atoms with E-state index in [2.05, 4.69) is 31.2 Å². The first kappa shape index (κ1) is 10.3. The average molecular weight is 218 g/mol. The Morgan fingerprint density at radius 1 is 1.38 bits per heavy atom. The number of hydrogen-bond acceptors (Lipinski definition) is 2. The molecule has 1 heterocycles. The molecule has 1 aromatic carbocycles. The van der Waals surface area contributed by atoms with Crippen LogP contribution < -0.4 is 0 Å². The quantitative estimate of drug-likeness (QED) is 0.728. The van der Waals surface area contributed by atoms with Crippen molar-refractivity contribution in [2.24, 2.45) is 0 Å². The molecule has 0 amide bonds. The first-order valence-electron chi connectivity index (χ1n) is 6.10. The highest BCUT2D eigenvalue weighted by atomic mass is 16.6. The summed E-state index contributed by atoms with van der Waals surface area (Å²) in [4.78, 5) is 0. The van der Waals surface area contributed by atoms with E-state index in [4.69, 9.17) is 9.47 Å². The third-order valence-corrected chi connectivity index (χ3v) is 3.80. The Balaban J connectivity index is 1.50. The zero-order valence-electron chi connectivity index (χ0n) is 9.69. The van der Waals surface area contributed by atoms with Gasteiger partial charge in [0.2, 0.25) is 0 Å². The van der Waals surface area contributed by atoms with Crippen molar-refractivity contribution in [1.82, 2.24) is 0 Å². The number of benzene rings is 1.